The molecule has 1 aliphatic rings. The number of rotatable bonds is 7. The van der Waals surface area contributed by atoms with Crippen molar-refractivity contribution in [3.63, 3.8) is 0 Å². The molecule has 144 valence electrons. The summed E-state index contributed by atoms with van der Waals surface area (Å²) in [6.45, 7) is 3.44. The summed E-state index contributed by atoms with van der Waals surface area (Å²) in [6, 6.07) is 6.65. The molecule has 2 aromatic rings. The Balaban J connectivity index is 1.48. The van der Waals surface area contributed by atoms with Gasteiger partial charge in [-0.1, -0.05) is 18.0 Å². The number of carbonyl (C=O) groups is 2. The Morgan fingerprint density at radius 3 is 2.59 bits per heavy atom. The summed E-state index contributed by atoms with van der Waals surface area (Å²) in [5.41, 5.74) is 0.346. The van der Waals surface area contributed by atoms with Crippen LogP contribution in [0.4, 0.5) is 0 Å². The van der Waals surface area contributed by atoms with Crippen LogP contribution in [0.1, 0.15) is 54.7 Å². The molecule has 0 spiro atoms. The summed E-state index contributed by atoms with van der Waals surface area (Å²) in [5.74, 6) is 0.659. The minimum atomic E-state index is -0.837. The molecule has 27 heavy (non-hydrogen) atoms. The molecular weight excluding hydrogens is 350 g/mol. The van der Waals surface area contributed by atoms with Gasteiger partial charge in [-0.25, -0.2) is 4.79 Å². The second-order valence-corrected chi connectivity index (χ2v) is 6.58. The van der Waals surface area contributed by atoms with Crippen molar-refractivity contribution in [2.24, 2.45) is 0 Å². The van der Waals surface area contributed by atoms with E-state index in [1.54, 1.807) is 38.1 Å². The number of carbonyl (C=O) groups excluding carboxylic acids is 2. The van der Waals surface area contributed by atoms with Gasteiger partial charge >= 0.3 is 5.97 Å². The van der Waals surface area contributed by atoms with E-state index in [1.807, 2.05) is 0 Å². The van der Waals surface area contributed by atoms with Crippen molar-refractivity contribution < 1.29 is 23.6 Å². The highest BCUT2D eigenvalue weighted by Crippen LogP contribution is 2.18. The van der Waals surface area contributed by atoms with E-state index < -0.39 is 12.1 Å². The molecule has 1 atom stereocenters. The van der Waals surface area contributed by atoms with Gasteiger partial charge in [-0.15, -0.1) is 0 Å². The van der Waals surface area contributed by atoms with Crippen LogP contribution in [0, 0.1) is 6.92 Å². The Morgan fingerprint density at radius 2 is 1.96 bits per heavy atom. The van der Waals surface area contributed by atoms with Crippen molar-refractivity contribution in [1.82, 2.24) is 15.5 Å². The first-order chi connectivity index (χ1) is 13.0. The fourth-order valence-corrected chi connectivity index (χ4v) is 2.91. The van der Waals surface area contributed by atoms with Crippen molar-refractivity contribution in [2.45, 2.75) is 58.3 Å². The van der Waals surface area contributed by atoms with Crippen molar-refractivity contribution in [3.05, 3.63) is 41.5 Å². The van der Waals surface area contributed by atoms with Gasteiger partial charge in [0.15, 0.2) is 12.7 Å². The molecule has 0 saturated heterocycles. The average Bonchev–Trinajstić information content (AvgIpc) is 3.32. The third-order valence-electron chi connectivity index (χ3n) is 4.38. The van der Waals surface area contributed by atoms with Gasteiger partial charge in [-0.3, -0.25) is 4.79 Å². The molecule has 1 saturated carbocycles. The molecule has 0 aliphatic heterocycles. The van der Waals surface area contributed by atoms with Gasteiger partial charge in [-0.2, -0.15) is 4.98 Å². The van der Waals surface area contributed by atoms with Crippen LogP contribution in [0.25, 0.3) is 0 Å². The van der Waals surface area contributed by atoms with Crippen LogP contribution in [0.5, 0.6) is 5.75 Å². The third kappa shape index (κ3) is 5.29. The predicted octanol–water partition coefficient (Wildman–Crippen LogP) is 2.56. The molecule has 3 rings (SSSR count). The summed E-state index contributed by atoms with van der Waals surface area (Å²) in [6.07, 6.45) is 3.38. The van der Waals surface area contributed by atoms with Gasteiger partial charge < -0.3 is 19.3 Å². The number of ether oxygens (including phenoxy) is 2. The van der Waals surface area contributed by atoms with E-state index in [4.69, 9.17) is 14.0 Å². The van der Waals surface area contributed by atoms with E-state index in [2.05, 4.69) is 15.5 Å². The molecular formula is C19H23N3O5. The maximum atomic E-state index is 12.2. The summed E-state index contributed by atoms with van der Waals surface area (Å²) in [5, 5.41) is 6.66. The maximum absolute atomic E-state index is 12.2. The Hall–Kier alpha value is -2.90. The third-order valence-corrected chi connectivity index (χ3v) is 4.38. The van der Waals surface area contributed by atoms with Crippen LogP contribution in [-0.4, -0.2) is 34.2 Å². The van der Waals surface area contributed by atoms with Crippen LogP contribution in [0.3, 0.4) is 0 Å². The lowest BCUT2D eigenvalue weighted by atomic mass is 10.2. The van der Waals surface area contributed by atoms with Crippen LogP contribution in [-0.2, 0) is 16.1 Å². The zero-order chi connectivity index (χ0) is 19.2. The number of esters is 1. The van der Waals surface area contributed by atoms with Gasteiger partial charge in [0, 0.05) is 13.0 Å². The fourth-order valence-electron chi connectivity index (χ4n) is 2.91. The molecule has 1 aromatic carbocycles. The lowest BCUT2D eigenvalue weighted by Crippen LogP contribution is -2.40. The number of benzene rings is 1. The number of amides is 1. The number of nitrogens with zero attached hydrogens (tertiary/aromatic N) is 2. The summed E-state index contributed by atoms with van der Waals surface area (Å²) in [7, 11) is 0. The second-order valence-electron chi connectivity index (χ2n) is 6.58. The normalized spacial score (nSPS) is 15.3. The molecule has 0 bridgehead atoms. The smallest absolute Gasteiger partial charge is 0.338 e. The monoisotopic (exact) mass is 373 g/mol. The standard InChI is InChI=1S/C19H23N3O5/c1-12(18(23)21-15-5-3-4-6-15)26-19(24)14-7-9-16(10-8-14)25-11-17-20-13(2)27-22-17/h7-10,12,15H,3-6,11H2,1-2H3,(H,21,23). The van der Waals surface area contributed by atoms with Crippen LogP contribution >= 0.6 is 0 Å². The highest BCUT2D eigenvalue weighted by Gasteiger charge is 2.23. The quantitative estimate of drug-likeness (QED) is 0.744. The SMILES string of the molecule is Cc1nc(COc2ccc(C(=O)OC(C)C(=O)NC3CCCC3)cc2)no1. The lowest BCUT2D eigenvalue weighted by Gasteiger charge is -2.17. The van der Waals surface area contributed by atoms with Crippen LogP contribution in [0.2, 0.25) is 0 Å². The van der Waals surface area contributed by atoms with Crippen molar-refractivity contribution in [1.29, 1.82) is 0 Å². The molecule has 1 heterocycles. The average molecular weight is 373 g/mol. The topological polar surface area (TPSA) is 104 Å². The highest BCUT2D eigenvalue weighted by molar-refractivity contribution is 5.92. The Labute approximate surface area is 157 Å². The van der Waals surface area contributed by atoms with Gasteiger partial charge in [0.25, 0.3) is 5.91 Å². The number of hydrogen-bond acceptors (Lipinski definition) is 7. The first kappa shape index (κ1) is 18.9. The molecule has 1 unspecified atom stereocenters. The number of aryl methyl sites for hydroxylation is 1. The second kappa shape index (κ2) is 8.66. The van der Waals surface area contributed by atoms with Gasteiger partial charge in [-0.05, 0) is 44.0 Å². The van der Waals surface area contributed by atoms with E-state index in [-0.39, 0.29) is 18.6 Å². The van der Waals surface area contributed by atoms with Crippen LogP contribution in [0.15, 0.2) is 28.8 Å². The number of aromatic nitrogens is 2. The lowest BCUT2D eigenvalue weighted by molar-refractivity contribution is -0.129. The molecule has 8 heteroatoms. The number of nitrogens with one attached hydrogen (secondary N) is 1. The fraction of sp³-hybridized carbons (Fsp3) is 0.474. The Kier molecular flexibility index (Phi) is 6.05. The zero-order valence-electron chi connectivity index (χ0n) is 15.4. The number of hydrogen-bond donors (Lipinski definition) is 1. The van der Waals surface area contributed by atoms with Gasteiger partial charge in [0.05, 0.1) is 5.56 Å². The summed E-state index contributed by atoms with van der Waals surface area (Å²) in [4.78, 5) is 28.4. The van der Waals surface area contributed by atoms with Crippen molar-refractivity contribution in [2.75, 3.05) is 0 Å². The Bertz CT molecular complexity index is 781. The highest BCUT2D eigenvalue weighted by atomic mass is 16.5. The van der Waals surface area contributed by atoms with Crippen LogP contribution < -0.4 is 10.1 Å². The van der Waals surface area contributed by atoms with E-state index in [0.717, 1.165) is 25.7 Å². The van der Waals surface area contributed by atoms with Crippen molar-refractivity contribution in [3.8, 4) is 5.75 Å². The van der Waals surface area contributed by atoms with E-state index >= 15 is 0 Å². The van der Waals surface area contributed by atoms with Gasteiger partial charge in [0.2, 0.25) is 11.7 Å². The van der Waals surface area contributed by atoms with E-state index in [9.17, 15) is 9.59 Å². The predicted molar refractivity (Wildman–Crippen MR) is 95.1 cm³/mol. The molecule has 1 N–H and O–H groups in total. The zero-order valence-corrected chi connectivity index (χ0v) is 15.4. The first-order valence-electron chi connectivity index (χ1n) is 9.04. The minimum Gasteiger partial charge on any atom is -0.485 e. The molecule has 8 nitrogen and oxygen atoms in total. The molecule has 1 aromatic heterocycles. The van der Waals surface area contributed by atoms with Gasteiger partial charge in [0.1, 0.15) is 5.75 Å². The van der Waals surface area contributed by atoms with Crippen molar-refractivity contribution >= 4 is 11.9 Å². The molecule has 0 radical (unpaired) electrons. The maximum Gasteiger partial charge on any atom is 0.338 e. The molecule has 1 aliphatic carbocycles. The Morgan fingerprint density at radius 1 is 1.26 bits per heavy atom. The molecule has 1 fully saturated rings. The minimum absolute atomic E-state index is 0.166. The first-order valence-corrected chi connectivity index (χ1v) is 9.04. The van der Waals surface area contributed by atoms with E-state index in [1.165, 1.54) is 0 Å². The molecule has 1 amide bonds. The summed E-state index contributed by atoms with van der Waals surface area (Å²) < 4.78 is 15.7. The summed E-state index contributed by atoms with van der Waals surface area (Å²) >= 11 is 0. The largest absolute Gasteiger partial charge is 0.485 e. The van der Waals surface area contributed by atoms with E-state index in [0.29, 0.717) is 23.0 Å².